The molecular formula is C18H31NO3. The van der Waals surface area contributed by atoms with Crippen molar-refractivity contribution in [2.75, 3.05) is 13.2 Å². The molecule has 0 radical (unpaired) electrons. The molecule has 0 heterocycles. The van der Waals surface area contributed by atoms with Gasteiger partial charge >= 0.3 is 0 Å². The van der Waals surface area contributed by atoms with Crippen molar-refractivity contribution in [3.05, 3.63) is 0 Å². The molecule has 0 spiro atoms. The molecule has 0 aromatic rings. The smallest absolute Gasteiger partial charge is 0.222 e. The van der Waals surface area contributed by atoms with Gasteiger partial charge in [-0.15, -0.1) is 0 Å². The maximum Gasteiger partial charge on any atom is 0.222 e. The van der Waals surface area contributed by atoms with Gasteiger partial charge < -0.3 is 10.1 Å². The fraction of sp³-hybridized carbons (Fsp3) is 0.889. The van der Waals surface area contributed by atoms with Gasteiger partial charge in [0, 0.05) is 30.9 Å². The lowest BCUT2D eigenvalue weighted by Crippen LogP contribution is -2.47. The Hall–Kier alpha value is -0.900. The Bertz CT molecular complexity index is 369. The van der Waals surface area contributed by atoms with E-state index in [-0.39, 0.29) is 23.8 Å². The molecule has 0 aliphatic heterocycles. The van der Waals surface area contributed by atoms with E-state index in [4.69, 9.17) is 4.74 Å². The zero-order valence-electron chi connectivity index (χ0n) is 14.1. The fourth-order valence-electron chi connectivity index (χ4n) is 3.51. The van der Waals surface area contributed by atoms with E-state index in [0.717, 1.165) is 19.4 Å². The number of carbonyl (C=O) groups is 2. The van der Waals surface area contributed by atoms with Crippen LogP contribution < -0.4 is 5.32 Å². The van der Waals surface area contributed by atoms with Crippen LogP contribution >= 0.6 is 0 Å². The minimum absolute atomic E-state index is 0.0593. The number of hydrogen-bond donors (Lipinski definition) is 1. The van der Waals surface area contributed by atoms with Gasteiger partial charge in [-0.1, -0.05) is 33.1 Å². The summed E-state index contributed by atoms with van der Waals surface area (Å²) in [6, 6.07) is 0.193. The lowest BCUT2D eigenvalue weighted by Gasteiger charge is -2.35. The first-order chi connectivity index (χ1) is 10.6. The molecule has 2 aliphatic rings. The summed E-state index contributed by atoms with van der Waals surface area (Å²) in [6.45, 7) is 5.21. The Labute approximate surface area is 134 Å². The highest BCUT2D eigenvalue weighted by molar-refractivity contribution is 5.84. The van der Waals surface area contributed by atoms with Crippen molar-refractivity contribution in [2.45, 2.75) is 71.3 Å². The maximum atomic E-state index is 11.8. The molecule has 0 atom stereocenters. The van der Waals surface area contributed by atoms with Crippen LogP contribution in [0.4, 0.5) is 0 Å². The number of rotatable bonds is 8. The van der Waals surface area contributed by atoms with Gasteiger partial charge in [-0.05, 0) is 31.6 Å². The van der Waals surface area contributed by atoms with E-state index in [1.165, 1.54) is 32.1 Å². The quantitative estimate of drug-likeness (QED) is 0.701. The van der Waals surface area contributed by atoms with Crippen molar-refractivity contribution in [3.63, 3.8) is 0 Å². The van der Waals surface area contributed by atoms with Gasteiger partial charge in [0.25, 0.3) is 0 Å². The van der Waals surface area contributed by atoms with Gasteiger partial charge in [0.1, 0.15) is 5.78 Å². The number of carbonyl (C=O) groups excluding carboxylic acids is 2. The topological polar surface area (TPSA) is 55.4 Å². The Morgan fingerprint density at radius 1 is 1.14 bits per heavy atom. The van der Waals surface area contributed by atoms with Gasteiger partial charge in [0.2, 0.25) is 5.91 Å². The van der Waals surface area contributed by atoms with Gasteiger partial charge in [0.05, 0.1) is 6.61 Å². The summed E-state index contributed by atoms with van der Waals surface area (Å²) in [4.78, 5) is 23.6. The van der Waals surface area contributed by atoms with Crippen LogP contribution in [0.2, 0.25) is 0 Å². The van der Waals surface area contributed by atoms with E-state index in [1.807, 2.05) is 13.8 Å². The highest BCUT2D eigenvalue weighted by Crippen LogP contribution is 2.30. The van der Waals surface area contributed by atoms with Crippen LogP contribution in [0, 0.1) is 17.8 Å². The minimum atomic E-state index is 0.0593. The fourth-order valence-corrected chi connectivity index (χ4v) is 3.51. The lowest BCUT2D eigenvalue weighted by molar-refractivity contribution is -0.131. The molecule has 1 amide bonds. The molecule has 4 nitrogen and oxygen atoms in total. The Kier molecular flexibility index (Phi) is 6.87. The van der Waals surface area contributed by atoms with Crippen LogP contribution in [-0.4, -0.2) is 30.9 Å². The molecule has 0 aromatic carbocycles. The maximum absolute atomic E-state index is 11.8. The molecule has 0 bridgehead atoms. The number of Topliss-reactive ketones (excluding diaryl/α,β-unsaturated/α-hetero) is 1. The normalized spacial score (nSPS) is 25.8. The number of amides is 1. The van der Waals surface area contributed by atoms with Gasteiger partial charge in [0.15, 0.2) is 0 Å². The summed E-state index contributed by atoms with van der Waals surface area (Å²) >= 11 is 0. The second-order valence-corrected chi connectivity index (χ2v) is 7.32. The summed E-state index contributed by atoms with van der Waals surface area (Å²) in [7, 11) is 0. The summed E-state index contributed by atoms with van der Waals surface area (Å²) in [5.74, 6) is 1.36. The van der Waals surface area contributed by atoms with Crippen molar-refractivity contribution >= 4 is 11.7 Å². The SMILES string of the molecule is CC(C)C(=O)C1CC(NC(=O)CCOCC2CCCCC2)C1. The van der Waals surface area contributed by atoms with Crippen LogP contribution in [0.1, 0.15) is 65.2 Å². The molecule has 0 unspecified atom stereocenters. The van der Waals surface area contributed by atoms with E-state index in [1.54, 1.807) is 0 Å². The first kappa shape index (κ1) is 17.5. The molecule has 2 saturated carbocycles. The van der Waals surface area contributed by atoms with Crippen molar-refractivity contribution in [2.24, 2.45) is 17.8 Å². The molecule has 4 heteroatoms. The summed E-state index contributed by atoms with van der Waals surface area (Å²) < 4.78 is 5.65. The van der Waals surface area contributed by atoms with E-state index in [9.17, 15) is 9.59 Å². The van der Waals surface area contributed by atoms with Crippen LogP contribution in [0.15, 0.2) is 0 Å². The third-order valence-electron chi connectivity index (χ3n) is 5.03. The average Bonchev–Trinajstić information content (AvgIpc) is 2.47. The van der Waals surface area contributed by atoms with Crippen molar-refractivity contribution < 1.29 is 14.3 Å². The number of ketones is 1. The molecule has 126 valence electrons. The van der Waals surface area contributed by atoms with Crippen LogP contribution in [0.5, 0.6) is 0 Å². The van der Waals surface area contributed by atoms with Gasteiger partial charge in [-0.2, -0.15) is 0 Å². The Morgan fingerprint density at radius 3 is 2.45 bits per heavy atom. The lowest BCUT2D eigenvalue weighted by atomic mass is 9.75. The highest BCUT2D eigenvalue weighted by atomic mass is 16.5. The van der Waals surface area contributed by atoms with Crippen LogP contribution in [0.25, 0.3) is 0 Å². The van der Waals surface area contributed by atoms with Gasteiger partial charge in [-0.3, -0.25) is 9.59 Å². The molecule has 2 rings (SSSR count). The Balaban J connectivity index is 1.49. The predicted octanol–water partition coefficient (Wildman–Crippen LogP) is 3.09. The molecule has 0 aromatic heterocycles. The first-order valence-electron chi connectivity index (χ1n) is 8.97. The van der Waals surface area contributed by atoms with Crippen molar-refractivity contribution in [1.82, 2.24) is 5.32 Å². The van der Waals surface area contributed by atoms with E-state index in [0.29, 0.717) is 24.7 Å². The summed E-state index contributed by atoms with van der Waals surface area (Å²) in [6.07, 6.45) is 8.63. The second kappa shape index (κ2) is 8.66. The molecular weight excluding hydrogens is 278 g/mol. The zero-order chi connectivity index (χ0) is 15.9. The molecule has 22 heavy (non-hydrogen) atoms. The molecule has 2 aliphatic carbocycles. The monoisotopic (exact) mass is 309 g/mol. The summed E-state index contributed by atoms with van der Waals surface area (Å²) in [5, 5.41) is 3.01. The minimum Gasteiger partial charge on any atom is -0.381 e. The summed E-state index contributed by atoms with van der Waals surface area (Å²) in [5.41, 5.74) is 0. The van der Waals surface area contributed by atoms with Crippen LogP contribution in [0.3, 0.4) is 0 Å². The molecule has 2 fully saturated rings. The molecule has 1 N–H and O–H groups in total. The van der Waals surface area contributed by atoms with E-state index >= 15 is 0 Å². The van der Waals surface area contributed by atoms with Crippen molar-refractivity contribution in [1.29, 1.82) is 0 Å². The van der Waals surface area contributed by atoms with Crippen LogP contribution in [-0.2, 0) is 14.3 Å². The van der Waals surface area contributed by atoms with E-state index < -0.39 is 0 Å². The number of hydrogen-bond acceptors (Lipinski definition) is 3. The second-order valence-electron chi connectivity index (χ2n) is 7.32. The number of ether oxygens (including phenoxy) is 1. The standard InChI is InChI=1S/C18H31NO3/c1-13(2)18(21)15-10-16(11-15)19-17(20)8-9-22-12-14-6-4-3-5-7-14/h13-16H,3-12H2,1-2H3,(H,19,20). The van der Waals surface area contributed by atoms with Gasteiger partial charge in [-0.25, -0.2) is 0 Å². The third-order valence-corrected chi connectivity index (χ3v) is 5.03. The van der Waals surface area contributed by atoms with E-state index in [2.05, 4.69) is 5.32 Å². The van der Waals surface area contributed by atoms with Crippen molar-refractivity contribution in [3.8, 4) is 0 Å². The average molecular weight is 309 g/mol. The number of nitrogens with one attached hydrogen (secondary N) is 1. The third kappa shape index (κ3) is 5.38. The Morgan fingerprint density at radius 2 is 1.82 bits per heavy atom. The molecule has 0 saturated heterocycles. The predicted molar refractivity (Wildman–Crippen MR) is 86.5 cm³/mol. The zero-order valence-corrected chi connectivity index (χ0v) is 14.1. The first-order valence-corrected chi connectivity index (χ1v) is 8.97. The highest BCUT2D eigenvalue weighted by Gasteiger charge is 2.35. The largest absolute Gasteiger partial charge is 0.381 e.